The first-order chi connectivity index (χ1) is 8.25. The van der Waals surface area contributed by atoms with Gasteiger partial charge in [0.25, 0.3) is 0 Å². The zero-order chi connectivity index (χ0) is 11.9. The number of hydrogen-bond acceptors (Lipinski definition) is 3. The van der Waals surface area contributed by atoms with E-state index in [2.05, 4.69) is 16.2 Å². The van der Waals surface area contributed by atoms with Crippen LogP contribution in [0.3, 0.4) is 0 Å². The summed E-state index contributed by atoms with van der Waals surface area (Å²) in [5, 5.41) is 5.33. The summed E-state index contributed by atoms with van der Waals surface area (Å²) in [6.07, 6.45) is 6.55. The van der Waals surface area contributed by atoms with E-state index in [9.17, 15) is 4.79 Å². The first kappa shape index (κ1) is 10.2. The van der Waals surface area contributed by atoms with Gasteiger partial charge in [-0.05, 0) is 30.9 Å². The summed E-state index contributed by atoms with van der Waals surface area (Å²) in [5.41, 5.74) is 1.86. The monoisotopic (exact) mass is 227 g/mol. The van der Waals surface area contributed by atoms with E-state index in [4.69, 9.17) is 0 Å². The predicted octanol–water partition coefficient (Wildman–Crippen LogP) is 2.29. The van der Waals surface area contributed by atoms with Crippen molar-refractivity contribution in [2.75, 3.05) is 0 Å². The molecule has 4 heteroatoms. The highest BCUT2D eigenvalue weighted by molar-refractivity contribution is 5.79. The summed E-state index contributed by atoms with van der Waals surface area (Å²) >= 11 is 0. The van der Waals surface area contributed by atoms with Crippen molar-refractivity contribution < 1.29 is 4.79 Å². The lowest BCUT2D eigenvalue weighted by Gasteiger charge is -2.37. The number of hydrogen-bond donors (Lipinski definition) is 0. The maximum Gasteiger partial charge on any atom is 0.235 e. The second-order valence-corrected chi connectivity index (χ2v) is 4.63. The fourth-order valence-corrected chi connectivity index (χ4v) is 2.50. The van der Waals surface area contributed by atoms with E-state index >= 15 is 0 Å². The molecule has 0 bridgehead atoms. The molecule has 1 aromatic heterocycles. The van der Waals surface area contributed by atoms with Crippen molar-refractivity contribution in [1.82, 2.24) is 9.78 Å². The van der Waals surface area contributed by atoms with E-state index in [1.807, 2.05) is 30.1 Å². The molecule has 1 aromatic carbocycles. The smallest absolute Gasteiger partial charge is 0.235 e. The van der Waals surface area contributed by atoms with Crippen LogP contribution in [0.2, 0.25) is 0 Å². The zero-order valence-electron chi connectivity index (χ0n) is 9.68. The van der Waals surface area contributed by atoms with E-state index in [0.29, 0.717) is 0 Å². The molecule has 0 saturated heterocycles. The number of nitrogens with zero attached hydrogens (tertiary/aromatic N) is 3. The largest absolute Gasteiger partial charge is 0.268 e. The Bertz CT molecular complexity index is 619. The SMILES string of the molecule is Cn1ncc2ccc(C3(N=C=O)CCC3)cc21. The van der Waals surface area contributed by atoms with Crippen molar-refractivity contribution in [3.05, 3.63) is 30.0 Å². The molecule has 3 rings (SSSR count). The van der Waals surface area contributed by atoms with Gasteiger partial charge in [-0.1, -0.05) is 12.1 Å². The molecule has 1 aliphatic carbocycles. The van der Waals surface area contributed by atoms with Gasteiger partial charge in [0, 0.05) is 12.4 Å². The molecule has 1 fully saturated rings. The Morgan fingerprint density at radius 1 is 1.47 bits per heavy atom. The number of aliphatic imine (C=N–C) groups is 1. The number of fused-ring (bicyclic) bond motifs is 1. The maximum atomic E-state index is 10.6. The number of aryl methyl sites for hydroxylation is 1. The van der Waals surface area contributed by atoms with Gasteiger partial charge < -0.3 is 0 Å². The standard InChI is InChI=1S/C13H13N3O/c1-16-12-7-11(4-3-10(12)8-15-16)13(14-9-17)5-2-6-13/h3-4,7-8H,2,5-6H2,1H3. The van der Waals surface area contributed by atoms with E-state index in [1.54, 1.807) is 6.08 Å². The first-order valence-corrected chi connectivity index (χ1v) is 5.76. The van der Waals surface area contributed by atoms with E-state index in [1.165, 1.54) is 0 Å². The molecule has 0 spiro atoms. The van der Waals surface area contributed by atoms with E-state index < -0.39 is 0 Å². The van der Waals surface area contributed by atoms with Crippen LogP contribution >= 0.6 is 0 Å². The van der Waals surface area contributed by atoms with Crippen LogP contribution in [-0.2, 0) is 17.4 Å². The van der Waals surface area contributed by atoms with Gasteiger partial charge in [-0.2, -0.15) is 10.1 Å². The Morgan fingerprint density at radius 3 is 2.94 bits per heavy atom. The van der Waals surface area contributed by atoms with Gasteiger partial charge in [0.2, 0.25) is 6.08 Å². The van der Waals surface area contributed by atoms with Crippen LogP contribution in [0.25, 0.3) is 10.9 Å². The third-order valence-corrected chi connectivity index (χ3v) is 3.73. The van der Waals surface area contributed by atoms with Crippen molar-refractivity contribution >= 4 is 17.0 Å². The van der Waals surface area contributed by atoms with Crippen LogP contribution in [0.15, 0.2) is 29.4 Å². The van der Waals surface area contributed by atoms with Gasteiger partial charge in [-0.25, -0.2) is 4.79 Å². The number of aromatic nitrogens is 2. The predicted molar refractivity (Wildman–Crippen MR) is 64.4 cm³/mol. The molecule has 2 aromatic rings. The summed E-state index contributed by atoms with van der Waals surface area (Å²) in [6.45, 7) is 0. The van der Waals surface area contributed by atoms with Crippen molar-refractivity contribution in [1.29, 1.82) is 0 Å². The average molecular weight is 227 g/mol. The minimum absolute atomic E-state index is 0.319. The molecule has 86 valence electrons. The van der Waals surface area contributed by atoms with Crippen molar-refractivity contribution in [2.45, 2.75) is 24.8 Å². The summed E-state index contributed by atoms with van der Waals surface area (Å²) < 4.78 is 1.84. The van der Waals surface area contributed by atoms with Gasteiger partial charge in [-0.15, -0.1) is 0 Å². The highest BCUT2D eigenvalue weighted by atomic mass is 16.1. The van der Waals surface area contributed by atoms with Crippen LogP contribution in [-0.4, -0.2) is 15.9 Å². The number of carbonyl (C=O) groups excluding carboxylic acids is 1. The van der Waals surface area contributed by atoms with Gasteiger partial charge >= 0.3 is 0 Å². The molecule has 0 amide bonds. The second-order valence-electron chi connectivity index (χ2n) is 4.63. The summed E-state index contributed by atoms with van der Waals surface area (Å²) in [5.74, 6) is 0. The van der Waals surface area contributed by atoms with Crippen molar-refractivity contribution in [2.24, 2.45) is 12.0 Å². The molecule has 0 N–H and O–H groups in total. The van der Waals surface area contributed by atoms with Gasteiger partial charge in [0.05, 0.1) is 17.3 Å². The van der Waals surface area contributed by atoms with E-state index in [-0.39, 0.29) is 5.54 Å². The van der Waals surface area contributed by atoms with Crippen LogP contribution in [0.4, 0.5) is 0 Å². The number of isocyanates is 1. The average Bonchev–Trinajstić information content (AvgIpc) is 2.65. The Kier molecular flexibility index (Phi) is 2.13. The molecule has 0 unspecified atom stereocenters. The zero-order valence-corrected chi connectivity index (χ0v) is 9.68. The normalized spacial score (nSPS) is 17.5. The molecular weight excluding hydrogens is 214 g/mol. The van der Waals surface area contributed by atoms with Gasteiger partial charge in [0.1, 0.15) is 0 Å². The summed E-state index contributed by atoms with van der Waals surface area (Å²) in [7, 11) is 1.92. The Balaban J connectivity index is 2.16. The minimum atomic E-state index is -0.319. The van der Waals surface area contributed by atoms with Gasteiger partial charge in [-0.3, -0.25) is 4.68 Å². The minimum Gasteiger partial charge on any atom is -0.268 e. The third-order valence-electron chi connectivity index (χ3n) is 3.73. The Morgan fingerprint density at radius 2 is 2.29 bits per heavy atom. The maximum absolute atomic E-state index is 10.6. The highest BCUT2D eigenvalue weighted by Gasteiger charge is 2.38. The molecule has 1 heterocycles. The highest BCUT2D eigenvalue weighted by Crippen LogP contribution is 2.45. The van der Waals surface area contributed by atoms with Crippen molar-refractivity contribution in [3.8, 4) is 0 Å². The van der Waals surface area contributed by atoms with Gasteiger partial charge in [0.15, 0.2) is 0 Å². The van der Waals surface area contributed by atoms with Crippen LogP contribution in [0, 0.1) is 0 Å². The quantitative estimate of drug-likeness (QED) is 0.583. The lowest BCUT2D eigenvalue weighted by Crippen LogP contribution is -2.31. The number of rotatable bonds is 2. The van der Waals surface area contributed by atoms with E-state index in [0.717, 1.165) is 35.7 Å². The Labute approximate surface area is 99.0 Å². The summed E-state index contributed by atoms with van der Waals surface area (Å²) in [4.78, 5) is 14.6. The topological polar surface area (TPSA) is 47.2 Å². The molecule has 1 saturated carbocycles. The van der Waals surface area contributed by atoms with Crippen LogP contribution < -0.4 is 0 Å². The second kappa shape index (κ2) is 3.54. The van der Waals surface area contributed by atoms with Crippen LogP contribution in [0.1, 0.15) is 24.8 Å². The fraction of sp³-hybridized carbons (Fsp3) is 0.385. The Hall–Kier alpha value is -1.93. The first-order valence-electron chi connectivity index (χ1n) is 5.76. The lowest BCUT2D eigenvalue weighted by atomic mass is 9.72. The van der Waals surface area contributed by atoms with Crippen LogP contribution in [0.5, 0.6) is 0 Å². The lowest BCUT2D eigenvalue weighted by molar-refractivity contribution is 0.256. The third kappa shape index (κ3) is 1.41. The molecule has 0 radical (unpaired) electrons. The number of benzene rings is 1. The summed E-state index contributed by atoms with van der Waals surface area (Å²) in [6, 6.07) is 6.17. The molecule has 0 atom stereocenters. The fourth-order valence-electron chi connectivity index (χ4n) is 2.50. The molecule has 4 nitrogen and oxygen atoms in total. The molecular formula is C13H13N3O. The molecule has 17 heavy (non-hydrogen) atoms. The molecule has 0 aliphatic heterocycles. The molecule has 1 aliphatic rings. The van der Waals surface area contributed by atoms with Crippen molar-refractivity contribution in [3.63, 3.8) is 0 Å².